The number of urea groups is 1. The third-order valence-corrected chi connectivity index (χ3v) is 2.70. The molecule has 7 nitrogen and oxygen atoms in total. The summed E-state index contributed by atoms with van der Waals surface area (Å²) in [6, 6.07) is -1.26. The molecule has 0 radical (unpaired) electrons. The Bertz CT molecular complexity index is 392. The molecule has 7 heteroatoms. The summed E-state index contributed by atoms with van der Waals surface area (Å²) in [5, 5.41) is 13.8. The van der Waals surface area contributed by atoms with Crippen molar-refractivity contribution in [3.8, 4) is 0 Å². The highest BCUT2D eigenvalue weighted by Crippen LogP contribution is 1.94. The van der Waals surface area contributed by atoms with Gasteiger partial charge in [-0.2, -0.15) is 0 Å². The zero-order valence-corrected chi connectivity index (χ0v) is 11.0. The summed E-state index contributed by atoms with van der Waals surface area (Å²) in [6.07, 6.45) is 7.48. The molecular weight excluding hydrogens is 248 g/mol. The van der Waals surface area contributed by atoms with Gasteiger partial charge in [0.05, 0.1) is 6.33 Å². The van der Waals surface area contributed by atoms with Crippen molar-refractivity contribution in [1.82, 2.24) is 20.2 Å². The average Bonchev–Trinajstić information content (AvgIpc) is 2.88. The lowest BCUT2D eigenvalue weighted by Crippen LogP contribution is -2.45. The molecule has 0 spiro atoms. The zero-order chi connectivity index (χ0) is 14.1. The molecule has 0 aromatic carbocycles. The van der Waals surface area contributed by atoms with Crippen molar-refractivity contribution in [1.29, 1.82) is 0 Å². The number of aryl methyl sites for hydroxylation is 1. The fourth-order valence-electron chi connectivity index (χ4n) is 1.59. The summed E-state index contributed by atoms with van der Waals surface area (Å²) in [6.45, 7) is 3.09. The molecule has 1 unspecified atom stereocenters. The van der Waals surface area contributed by atoms with Gasteiger partial charge in [0, 0.05) is 25.5 Å². The van der Waals surface area contributed by atoms with E-state index in [2.05, 4.69) is 15.6 Å². The minimum atomic E-state index is -1.02. The number of carbonyl (C=O) groups is 2. The largest absolute Gasteiger partial charge is 0.480 e. The minimum Gasteiger partial charge on any atom is -0.480 e. The van der Waals surface area contributed by atoms with Gasteiger partial charge in [-0.15, -0.1) is 0 Å². The van der Waals surface area contributed by atoms with Gasteiger partial charge in [0.15, 0.2) is 0 Å². The Morgan fingerprint density at radius 3 is 2.79 bits per heavy atom. The number of nitrogens with zero attached hydrogens (tertiary/aromatic N) is 2. The maximum atomic E-state index is 11.4. The summed E-state index contributed by atoms with van der Waals surface area (Å²) >= 11 is 0. The fourth-order valence-corrected chi connectivity index (χ4v) is 1.59. The van der Waals surface area contributed by atoms with Crippen LogP contribution in [0.2, 0.25) is 0 Å². The monoisotopic (exact) mass is 268 g/mol. The normalized spacial score (nSPS) is 11.8. The lowest BCUT2D eigenvalue weighted by molar-refractivity contribution is -0.139. The lowest BCUT2D eigenvalue weighted by atomic mass is 10.2. The molecule has 0 aliphatic heterocycles. The second kappa shape index (κ2) is 8.12. The van der Waals surface area contributed by atoms with E-state index >= 15 is 0 Å². The number of nitrogens with one attached hydrogen (secondary N) is 2. The summed E-state index contributed by atoms with van der Waals surface area (Å²) < 4.78 is 1.97. The number of aromatic nitrogens is 2. The number of hydrogen-bond donors (Lipinski definition) is 3. The van der Waals surface area contributed by atoms with Gasteiger partial charge in [-0.25, -0.2) is 14.6 Å². The van der Waals surface area contributed by atoms with E-state index in [4.69, 9.17) is 5.11 Å². The smallest absolute Gasteiger partial charge is 0.326 e. The van der Waals surface area contributed by atoms with Crippen LogP contribution in [0, 0.1) is 0 Å². The molecule has 106 valence electrons. The Morgan fingerprint density at radius 1 is 1.42 bits per heavy atom. The minimum absolute atomic E-state index is 0.364. The number of carboxylic acids is 1. The van der Waals surface area contributed by atoms with Crippen molar-refractivity contribution in [2.75, 3.05) is 6.54 Å². The molecule has 3 N–H and O–H groups in total. The van der Waals surface area contributed by atoms with Gasteiger partial charge in [-0.1, -0.05) is 6.92 Å². The maximum Gasteiger partial charge on any atom is 0.326 e. The SMILES string of the molecule is CCC(NC(=O)NCCCCn1ccnc1)C(=O)O. The molecule has 1 atom stereocenters. The standard InChI is InChI=1S/C12H20N4O3/c1-2-10(11(17)18)15-12(19)14-5-3-4-7-16-8-6-13-9-16/h6,8-10H,2-5,7H2,1H3,(H,17,18)(H2,14,15,19). The van der Waals surface area contributed by atoms with Gasteiger partial charge in [-0.05, 0) is 19.3 Å². The van der Waals surface area contributed by atoms with Crippen LogP contribution in [-0.2, 0) is 11.3 Å². The molecule has 1 rings (SSSR count). The number of carbonyl (C=O) groups excluding carboxylic acids is 1. The highest BCUT2D eigenvalue weighted by Gasteiger charge is 2.16. The molecule has 1 aromatic rings. The number of hydrogen-bond acceptors (Lipinski definition) is 3. The van der Waals surface area contributed by atoms with E-state index < -0.39 is 18.0 Å². The van der Waals surface area contributed by atoms with E-state index in [-0.39, 0.29) is 0 Å². The van der Waals surface area contributed by atoms with Crippen molar-refractivity contribution in [2.45, 2.75) is 38.8 Å². The van der Waals surface area contributed by atoms with Gasteiger partial charge in [0.2, 0.25) is 0 Å². The first kappa shape index (κ1) is 15.0. The third-order valence-electron chi connectivity index (χ3n) is 2.70. The highest BCUT2D eigenvalue weighted by molar-refractivity contribution is 5.82. The predicted octanol–water partition coefficient (Wildman–Crippen LogP) is 0.826. The molecule has 19 heavy (non-hydrogen) atoms. The van der Waals surface area contributed by atoms with Crippen LogP contribution in [0.5, 0.6) is 0 Å². The van der Waals surface area contributed by atoms with Crippen LogP contribution in [0.1, 0.15) is 26.2 Å². The van der Waals surface area contributed by atoms with Crippen LogP contribution in [0.4, 0.5) is 4.79 Å². The van der Waals surface area contributed by atoms with E-state index in [1.165, 1.54) is 0 Å². The van der Waals surface area contributed by atoms with Crippen LogP contribution in [0.25, 0.3) is 0 Å². The molecule has 0 aliphatic carbocycles. The highest BCUT2D eigenvalue weighted by atomic mass is 16.4. The van der Waals surface area contributed by atoms with E-state index in [1.54, 1.807) is 19.4 Å². The van der Waals surface area contributed by atoms with Gasteiger partial charge in [-0.3, -0.25) is 0 Å². The number of amides is 2. The average molecular weight is 268 g/mol. The zero-order valence-electron chi connectivity index (χ0n) is 11.0. The van der Waals surface area contributed by atoms with Gasteiger partial charge in [0.1, 0.15) is 6.04 Å². The number of rotatable bonds is 8. The van der Waals surface area contributed by atoms with Crippen molar-refractivity contribution in [2.24, 2.45) is 0 Å². The van der Waals surface area contributed by atoms with Crippen molar-refractivity contribution in [3.05, 3.63) is 18.7 Å². The molecular formula is C12H20N4O3. The molecule has 2 amide bonds. The van der Waals surface area contributed by atoms with Crippen LogP contribution in [0.3, 0.4) is 0 Å². The Kier molecular flexibility index (Phi) is 6.42. The second-order valence-corrected chi connectivity index (χ2v) is 4.21. The number of carboxylic acid groups (broad SMARTS) is 1. The Balaban J connectivity index is 2.08. The summed E-state index contributed by atoms with van der Waals surface area (Å²) in [5.74, 6) is -1.02. The summed E-state index contributed by atoms with van der Waals surface area (Å²) in [5.41, 5.74) is 0. The van der Waals surface area contributed by atoms with Gasteiger partial charge >= 0.3 is 12.0 Å². The first-order valence-electron chi connectivity index (χ1n) is 6.36. The van der Waals surface area contributed by atoms with Crippen molar-refractivity contribution in [3.63, 3.8) is 0 Å². The predicted molar refractivity (Wildman–Crippen MR) is 69.7 cm³/mol. The van der Waals surface area contributed by atoms with Crippen molar-refractivity contribution >= 4 is 12.0 Å². The third kappa shape index (κ3) is 5.89. The van der Waals surface area contributed by atoms with Crippen LogP contribution in [0.15, 0.2) is 18.7 Å². The first-order chi connectivity index (χ1) is 9.13. The molecule has 0 fully saturated rings. The van der Waals surface area contributed by atoms with Crippen LogP contribution in [-0.4, -0.2) is 39.2 Å². The first-order valence-corrected chi connectivity index (χ1v) is 6.36. The molecule has 0 aliphatic rings. The summed E-state index contributed by atoms with van der Waals surface area (Å²) in [7, 11) is 0. The fraction of sp³-hybridized carbons (Fsp3) is 0.583. The Morgan fingerprint density at radius 2 is 2.21 bits per heavy atom. The quantitative estimate of drug-likeness (QED) is 0.608. The molecule has 0 saturated carbocycles. The lowest BCUT2D eigenvalue weighted by Gasteiger charge is -2.13. The van der Waals surface area contributed by atoms with Crippen molar-refractivity contribution < 1.29 is 14.7 Å². The number of unbranched alkanes of at least 4 members (excludes halogenated alkanes) is 1. The Labute approximate surface area is 112 Å². The van der Waals surface area contributed by atoms with E-state index in [0.717, 1.165) is 19.4 Å². The number of aliphatic carboxylic acids is 1. The molecule has 0 bridgehead atoms. The number of imidazole rings is 1. The van der Waals surface area contributed by atoms with Crippen LogP contribution < -0.4 is 10.6 Å². The second-order valence-electron chi connectivity index (χ2n) is 4.21. The van der Waals surface area contributed by atoms with Crippen LogP contribution >= 0.6 is 0 Å². The van der Waals surface area contributed by atoms with Gasteiger partial charge in [0.25, 0.3) is 0 Å². The van der Waals surface area contributed by atoms with E-state index in [1.807, 2.05) is 10.8 Å². The van der Waals surface area contributed by atoms with E-state index in [0.29, 0.717) is 13.0 Å². The topological polar surface area (TPSA) is 96.3 Å². The summed E-state index contributed by atoms with van der Waals surface area (Å²) in [4.78, 5) is 26.1. The van der Waals surface area contributed by atoms with E-state index in [9.17, 15) is 9.59 Å². The molecule has 0 saturated heterocycles. The van der Waals surface area contributed by atoms with Gasteiger partial charge < -0.3 is 20.3 Å². The molecule has 1 heterocycles. The Hall–Kier alpha value is -2.05. The molecule has 1 aromatic heterocycles. The maximum absolute atomic E-state index is 11.4.